The van der Waals surface area contributed by atoms with E-state index in [1.165, 1.54) is 0 Å². The van der Waals surface area contributed by atoms with Crippen molar-refractivity contribution < 1.29 is 4.42 Å². The number of benzene rings is 1. The summed E-state index contributed by atoms with van der Waals surface area (Å²) in [6.45, 7) is 9.79. The average Bonchev–Trinajstić information content (AvgIpc) is 2.71. The normalized spacial score (nSPS) is 13.9. The molecule has 110 valence electrons. The van der Waals surface area contributed by atoms with Crippen molar-refractivity contribution >= 4 is 38.5 Å². The van der Waals surface area contributed by atoms with Gasteiger partial charge in [-0.2, -0.15) is 0 Å². The Labute approximate surface area is 134 Å². The van der Waals surface area contributed by atoms with Gasteiger partial charge in [-0.3, -0.25) is 0 Å². The largest absolute Gasteiger partial charge is 0.458 e. The van der Waals surface area contributed by atoms with E-state index in [-0.39, 0.29) is 11.5 Å². The fourth-order valence-electron chi connectivity index (χ4n) is 2.36. The molecule has 4 heteroatoms. The van der Waals surface area contributed by atoms with Crippen molar-refractivity contribution in [3.63, 3.8) is 0 Å². The number of nitrogens with one attached hydrogen (secondary N) is 1. The Morgan fingerprint density at radius 3 is 2.60 bits per heavy atom. The standard InChI is InChI=1S/C16H21BrClNO/c1-5-6-19-15(16(2,3)4)13-8-10-7-11(18)9-12(17)14(10)20-13/h7-9,15,19H,5-6H2,1-4H3. The van der Waals surface area contributed by atoms with Gasteiger partial charge in [-0.05, 0) is 52.5 Å². The predicted molar refractivity (Wildman–Crippen MR) is 89.4 cm³/mol. The van der Waals surface area contributed by atoms with Crippen LogP contribution in [-0.4, -0.2) is 6.54 Å². The Balaban J connectivity index is 2.46. The summed E-state index contributed by atoms with van der Waals surface area (Å²) in [5.74, 6) is 0.962. The first-order chi connectivity index (χ1) is 9.32. The molecule has 0 aliphatic heterocycles. The number of fused-ring (bicyclic) bond motifs is 1. The van der Waals surface area contributed by atoms with Crippen LogP contribution >= 0.6 is 27.5 Å². The Morgan fingerprint density at radius 1 is 1.30 bits per heavy atom. The number of halogens is 2. The third-order valence-corrected chi connectivity index (χ3v) is 4.11. The van der Waals surface area contributed by atoms with E-state index >= 15 is 0 Å². The maximum atomic E-state index is 6.10. The van der Waals surface area contributed by atoms with E-state index in [0.717, 1.165) is 34.2 Å². The summed E-state index contributed by atoms with van der Waals surface area (Å²) < 4.78 is 6.97. The molecule has 0 fully saturated rings. The fraction of sp³-hybridized carbons (Fsp3) is 0.500. The molecule has 0 aliphatic carbocycles. The van der Waals surface area contributed by atoms with Gasteiger partial charge in [0.25, 0.3) is 0 Å². The first-order valence-electron chi connectivity index (χ1n) is 6.94. The SMILES string of the molecule is CCCNC(c1cc2cc(Cl)cc(Br)c2o1)C(C)(C)C. The highest BCUT2D eigenvalue weighted by molar-refractivity contribution is 9.10. The minimum atomic E-state index is 0.0827. The number of rotatable bonds is 4. The fourth-order valence-corrected chi connectivity index (χ4v) is 3.28. The molecule has 0 saturated heterocycles. The Hall–Kier alpha value is -0.510. The summed E-state index contributed by atoms with van der Waals surface area (Å²) in [4.78, 5) is 0. The van der Waals surface area contributed by atoms with Crippen molar-refractivity contribution in [1.29, 1.82) is 0 Å². The van der Waals surface area contributed by atoms with Crippen LogP contribution in [-0.2, 0) is 0 Å². The number of hydrogen-bond acceptors (Lipinski definition) is 2. The summed E-state index contributed by atoms with van der Waals surface area (Å²) in [7, 11) is 0. The smallest absolute Gasteiger partial charge is 0.148 e. The second-order valence-electron chi connectivity index (χ2n) is 6.21. The molecular formula is C16H21BrClNO. The molecule has 0 radical (unpaired) electrons. The van der Waals surface area contributed by atoms with Crippen LogP contribution in [0.1, 0.15) is 45.9 Å². The highest BCUT2D eigenvalue weighted by Crippen LogP contribution is 2.38. The molecular weight excluding hydrogens is 338 g/mol. The van der Waals surface area contributed by atoms with Gasteiger partial charge in [0.1, 0.15) is 11.3 Å². The van der Waals surface area contributed by atoms with Gasteiger partial charge >= 0.3 is 0 Å². The molecule has 0 bridgehead atoms. The van der Waals surface area contributed by atoms with Crippen LogP contribution in [0.25, 0.3) is 11.0 Å². The maximum Gasteiger partial charge on any atom is 0.148 e. The van der Waals surface area contributed by atoms with Crippen molar-refractivity contribution in [2.75, 3.05) is 6.54 Å². The van der Waals surface area contributed by atoms with E-state index < -0.39 is 0 Å². The van der Waals surface area contributed by atoms with Gasteiger partial charge < -0.3 is 9.73 Å². The Bertz CT molecular complexity index is 600. The van der Waals surface area contributed by atoms with Crippen LogP contribution in [0.2, 0.25) is 5.02 Å². The minimum absolute atomic E-state index is 0.0827. The van der Waals surface area contributed by atoms with Crippen molar-refractivity contribution in [2.45, 2.75) is 40.2 Å². The molecule has 1 aromatic carbocycles. The topological polar surface area (TPSA) is 25.2 Å². The number of furan rings is 1. The predicted octanol–water partition coefficient (Wildman–Crippen LogP) is 5.94. The quantitative estimate of drug-likeness (QED) is 0.732. The van der Waals surface area contributed by atoms with Crippen molar-refractivity contribution in [1.82, 2.24) is 5.32 Å². The molecule has 1 unspecified atom stereocenters. The lowest BCUT2D eigenvalue weighted by Gasteiger charge is -2.30. The Kier molecular flexibility index (Phi) is 4.83. The van der Waals surface area contributed by atoms with Crippen LogP contribution < -0.4 is 5.32 Å². The highest BCUT2D eigenvalue weighted by Gasteiger charge is 2.29. The van der Waals surface area contributed by atoms with Crippen molar-refractivity contribution in [3.8, 4) is 0 Å². The van der Waals surface area contributed by atoms with E-state index in [1.54, 1.807) is 0 Å². The van der Waals surface area contributed by atoms with E-state index in [9.17, 15) is 0 Å². The van der Waals surface area contributed by atoms with Gasteiger partial charge in [0.2, 0.25) is 0 Å². The van der Waals surface area contributed by atoms with Gasteiger partial charge in [-0.25, -0.2) is 0 Å². The maximum absolute atomic E-state index is 6.10. The van der Waals surface area contributed by atoms with Gasteiger partial charge in [0.15, 0.2) is 0 Å². The van der Waals surface area contributed by atoms with Crippen molar-refractivity contribution in [2.24, 2.45) is 5.41 Å². The first-order valence-corrected chi connectivity index (χ1v) is 8.12. The van der Waals surface area contributed by atoms with Crippen LogP contribution in [0.15, 0.2) is 27.1 Å². The zero-order chi connectivity index (χ0) is 14.9. The minimum Gasteiger partial charge on any atom is -0.458 e. The summed E-state index contributed by atoms with van der Waals surface area (Å²) in [6.07, 6.45) is 1.10. The molecule has 2 nitrogen and oxygen atoms in total. The lowest BCUT2D eigenvalue weighted by atomic mass is 9.85. The van der Waals surface area contributed by atoms with E-state index in [4.69, 9.17) is 16.0 Å². The van der Waals surface area contributed by atoms with Crippen LogP contribution in [0, 0.1) is 5.41 Å². The van der Waals surface area contributed by atoms with E-state index in [2.05, 4.69) is 55.0 Å². The van der Waals surface area contributed by atoms with Gasteiger partial charge in [-0.15, -0.1) is 0 Å². The van der Waals surface area contributed by atoms with Gasteiger partial charge in [0.05, 0.1) is 10.5 Å². The molecule has 0 aliphatic rings. The van der Waals surface area contributed by atoms with Crippen molar-refractivity contribution in [3.05, 3.63) is 33.5 Å². The molecule has 0 spiro atoms. The van der Waals surface area contributed by atoms with Gasteiger partial charge in [-0.1, -0.05) is 39.3 Å². The molecule has 1 heterocycles. The molecule has 0 amide bonds. The summed E-state index contributed by atoms with van der Waals surface area (Å²) in [6, 6.07) is 6.07. The first kappa shape index (κ1) is 15.9. The molecule has 1 N–H and O–H groups in total. The summed E-state index contributed by atoms with van der Waals surface area (Å²) in [5, 5.41) is 5.33. The lowest BCUT2D eigenvalue weighted by molar-refractivity contribution is 0.241. The highest BCUT2D eigenvalue weighted by atomic mass is 79.9. The summed E-state index contributed by atoms with van der Waals surface area (Å²) in [5.41, 5.74) is 0.941. The van der Waals surface area contributed by atoms with Crippen LogP contribution in [0.5, 0.6) is 0 Å². The molecule has 0 saturated carbocycles. The van der Waals surface area contributed by atoms with Gasteiger partial charge in [0, 0.05) is 10.4 Å². The van der Waals surface area contributed by atoms with Crippen LogP contribution in [0.3, 0.4) is 0 Å². The monoisotopic (exact) mass is 357 g/mol. The Morgan fingerprint density at radius 2 is 2.00 bits per heavy atom. The molecule has 20 heavy (non-hydrogen) atoms. The third-order valence-electron chi connectivity index (χ3n) is 3.30. The zero-order valence-corrected chi connectivity index (χ0v) is 14.7. The molecule has 1 aromatic heterocycles. The third kappa shape index (κ3) is 3.38. The second kappa shape index (κ2) is 6.08. The number of hydrogen-bond donors (Lipinski definition) is 1. The van der Waals surface area contributed by atoms with E-state index in [0.29, 0.717) is 5.02 Å². The zero-order valence-electron chi connectivity index (χ0n) is 12.4. The second-order valence-corrected chi connectivity index (χ2v) is 7.50. The lowest BCUT2D eigenvalue weighted by Crippen LogP contribution is -2.32. The molecule has 1 atom stereocenters. The molecule has 2 aromatic rings. The van der Waals surface area contributed by atoms with Crippen LogP contribution in [0.4, 0.5) is 0 Å². The summed E-state index contributed by atoms with van der Waals surface area (Å²) >= 11 is 9.61. The molecule has 2 rings (SSSR count). The average molecular weight is 359 g/mol. The van der Waals surface area contributed by atoms with E-state index in [1.807, 2.05) is 12.1 Å².